The van der Waals surface area contributed by atoms with Crippen LogP contribution < -0.4 is 15.9 Å². The van der Waals surface area contributed by atoms with Crippen molar-refractivity contribution < 1.29 is 0 Å². The van der Waals surface area contributed by atoms with Crippen molar-refractivity contribution in [3.63, 3.8) is 0 Å². The highest BCUT2D eigenvalue weighted by atomic mass is 79.9. The van der Waals surface area contributed by atoms with Gasteiger partial charge in [-0.2, -0.15) is 0 Å². The van der Waals surface area contributed by atoms with E-state index in [0.717, 1.165) is 0 Å². The molecule has 0 nitrogen and oxygen atoms in total. The number of halogens is 1. The summed E-state index contributed by atoms with van der Waals surface area (Å²) in [6.45, 7) is 4.42. The van der Waals surface area contributed by atoms with Crippen molar-refractivity contribution in [1.82, 2.24) is 0 Å². The van der Waals surface area contributed by atoms with Crippen molar-refractivity contribution in [3.8, 4) is 0 Å². The van der Waals surface area contributed by atoms with Gasteiger partial charge in [-0.05, 0) is 54.9 Å². The summed E-state index contributed by atoms with van der Waals surface area (Å²) in [7, 11) is -0.555. The standard InChI is InChI=1S/C20H18BrP/c1-15-9-3-6-12-18(15)22(19-13-7-4-10-16(19)2)20-14-8-5-11-17(20)21/h3-14H,1-2H3. The number of aryl methyl sites for hydroxylation is 2. The lowest BCUT2D eigenvalue weighted by Gasteiger charge is -2.23. The number of hydrogen-bond donors (Lipinski definition) is 0. The molecule has 0 amide bonds. The fourth-order valence-corrected chi connectivity index (χ4v) is 6.09. The Morgan fingerprint density at radius 2 is 1.00 bits per heavy atom. The number of rotatable bonds is 3. The Morgan fingerprint density at radius 3 is 1.45 bits per heavy atom. The van der Waals surface area contributed by atoms with E-state index >= 15 is 0 Å². The number of benzene rings is 3. The van der Waals surface area contributed by atoms with Gasteiger partial charge in [0.1, 0.15) is 0 Å². The van der Waals surface area contributed by atoms with E-state index in [-0.39, 0.29) is 0 Å². The van der Waals surface area contributed by atoms with Crippen LogP contribution in [0.5, 0.6) is 0 Å². The predicted molar refractivity (Wildman–Crippen MR) is 102 cm³/mol. The first-order chi connectivity index (χ1) is 10.7. The lowest BCUT2D eigenvalue weighted by atomic mass is 10.2. The summed E-state index contributed by atoms with van der Waals surface area (Å²) in [5.41, 5.74) is 2.71. The summed E-state index contributed by atoms with van der Waals surface area (Å²) in [6.07, 6.45) is 0. The van der Waals surface area contributed by atoms with Crippen molar-refractivity contribution in [2.45, 2.75) is 13.8 Å². The SMILES string of the molecule is Cc1ccccc1P(c1ccccc1C)c1ccccc1Br. The maximum Gasteiger partial charge on any atom is 0.0258 e. The fourth-order valence-electron chi connectivity index (χ4n) is 2.65. The van der Waals surface area contributed by atoms with Gasteiger partial charge in [0.05, 0.1) is 0 Å². The van der Waals surface area contributed by atoms with Gasteiger partial charge in [-0.15, -0.1) is 0 Å². The highest BCUT2D eigenvalue weighted by Crippen LogP contribution is 2.37. The lowest BCUT2D eigenvalue weighted by Crippen LogP contribution is -2.24. The highest BCUT2D eigenvalue weighted by molar-refractivity contribution is 9.10. The Morgan fingerprint density at radius 1 is 0.591 bits per heavy atom. The molecule has 0 aliphatic carbocycles. The summed E-state index contributed by atoms with van der Waals surface area (Å²) < 4.78 is 1.19. The molecule has 22 heavy (non-hydrogen) atoms. The maximum atomic E-state index is 3.76. The number of hydrogen-bond acceptors (Lipinski definition) is 0. The van der Waals surface area contributed by atoms with E-state index in [1.807, 2.05) is 0 Å². The van der Waals surface area contributed by atoms with E-state index in [2.05, 4.69) is 103 Å². The lowest BCUT2D eigenvalue weighted by molar-refractivity contribution is 1.50. The zero-order chi connectivity index (χ0) is 15.5. The van der Waals surface area contributed by atoms with Gasteiger partial charge in [0, 0.05) is 4.47 Å². The van der Waals surface area contributed by atoms with Gasteiger partial charge in [-0.1, -0.05) is 82.7 Å². The Kier molecular flexibility index (Phi) is 4.76. The molecule has 0 fully saturated rings. The topological polar surface area (TPSA) is 0 Å². The minimum absolute atomic E-state index is 0.555. The van der Waals surface area contributed by atoms with E-state index in [4.69, 9.17) is 0 Å². The zero-order valence-corrected chi connectivity index (χ0v) is 15.2. The molecule has 110 valence electrons. The largest absolute Gasteiger partial charge is 0.0620 e. The first-order valence-corrected chi connectivity index (χ1v) is 9.48. The van der Waals surface area contributed by atoms with Gasteiger partial charge in [0.15, 0.2) is 0 Å². The van der Waals surface area contributed by atoms with Crippen LogP contribution in [0, 0.1) is 13.8 Å². The third-order valence-corrected chi connectivity index (χ3v) is 7.64. The van der Waals surface area contributed by atoms with E-state index < -0.39 is 7.92 Å². The molecular formula is C20H18BrP. The molecule has 3 rings (SSSR count). The second kappa shape index (κ2) is 6.77. The van der Waals surface area contributed by atoms with Crippen LogP contribution in [-0.2, 0) is 0 Å². The Balaban J connectivity index is 2.27. The fraction of sp³-hybridized carbons (Fsp3) is 0.100. The van der Waals surface area contributed by atoms with E-state index in [1.54, 1.807) is 0 Å². The van der Waals surface area contributed by atoms with Gasteiger partial charge in [0.25, 0.3) is 0 Å². The van der Waals surface area contributed by atoms with Crippen LogP contribution in [0.15, 0.2) is 77.3 Å². The molecule has 0 unspecified atom stereocenters. The van der Waals surface area contributed by atoms with Crippen LogP contribution in [0.2, 0.25) is 0 Å². The Hall–Kier alpha value is -1.43. The second-order valence-electron chi connectivity index (χ2n) is 5.36. The van der Waals surface area contributed by atoms with Gasteiger partial charge >= 0.3 is 0 Å². The molecule has 3 aromatic carbocycles. The second-order valence-corrected chi connectivity index (χ2v) is 8.33. The quantitative estimate of drug-likeness (QED) is 0.581. The summed E-state index contributed by atoms with van der Waals surface area (Å²) in [6, 6.07) is 26.1. The Labute approximate surface area is 142 Å². The Bertz CT molecular complexity index is 687. The molecule has 0 saturated heterocycles. The van der Waals surface area contributed by atoms with E-state index in [9.17, 15) is 0 Å². The molecular weight excluding hydrogens is 351 g/mol. The predicted octanol–water partition coefficient (Wildman–Crippen LogP) is 4.82. The first kappa shape index (κ1) is 15.5. The molecule has 2 heteroatoms. The molecule has 0 heterocycles. The van der Waals surface area contributed by atoms with Crippen LogP contribution in [0.25, 0.3) is 0 Å². The van der Waals surface area contributed by atoms with Crippen molar-refractivity contribution in [1.29, 1.82) is 0 Å². The molecule has 0 saturated carbocycles. The highest BCUT2D eigenvalue weighted by Gasteiger charge is 2.21. The molecule has 0 N–H and O–H groups in total. The smallest absolute Gasteiger partial charge is 0.0258 e. The van der Waals surface area contributed by atoms with Gasteiger partial charge in [0.2, 0.25) is 0 Å². The van der Waals surface area contributed by atoms with Crippen molar-refractivity contribution >= 4 is 39.8 Å². The maximum absolute atomic E-state index is 3.76. The normalized spacial score (nSPS) is 10.9. The molecule has 0 spiro atoms. The van der Waals surface area contributed by atoms with Crippen LogP contribution in [-0.4, -0.2) is 0 Å². The van der Waals surface area contributed by atoms with Crippen LogP contribution in [0.3, 0.4) is 0 Å². The molecule has 0 bridgehead atoms. The summed E-state index contributed by atoms with van der Waals surface area (Å²) in [4.78, 5) is 0. The molecule has 0 aliphatic heterocycles. The van der Waals surface area contributed by atoms with Crippen molar-refractivity contribution in [2.24, 2.45) is 0 Å². The molecule has 0 aliphatic rings. The van der Waals surface area contributed by atoms with E-state index in [0.29, 0.717) is 0 Å². The van der Waals surface area contributed by atoms with Crippen molar-refractivity contribution in [3.05, 3.63) is 88.4 Å². The molecule has 0 aromatic heterocycles. The third-order valence-electron chi connectivity index (χ3n) is 3.81. The first-order valence-electron chi connectivity index (χ1n) is 7.34. The van der Waals surface area contributed by atoms with Crippen LogP contribution in [0.1, 0.15) is 11.1 Å². The third kappa shape index (κ3) is 3.02. The van der Waals surface area contributed by atoms with Crippen molar-refractivity contribution in [2.75, 3.05) is 0 Å². The monoisotopic (exact) mass is 368 g/mol. The molecule has 0 radical (unpaired) electrons. The molecule has 0 atom stereocenters. The molecule has 3 aromatic rings. The zero-order valence-electron chi connectivity index (χ0n) is 12.8. The minimum Gasteiger partial charge on any atom is -0.0620 e. The van der Waals surface area contributed by atoms with Gasteiger partial charge in [-0.25, -0.2) is 0 Å². The minimum atomic E-state index is -0.555. The average Bonchev–Trinajstić information content (AvgIpc) is 2.53. The summed E-state index contributed by atoms with van der Waals surface area (Å²) in [5, 5.41) is 4.23. The average molecular weight is 369 g/mol. The van der Waals surface area contributed by atoms with Crippen LogP contribution >= 0.6 is 23.9 Å². The summed E-state index contributed by atoms with van der Waals surface area (Å²) in [5.74, 6) is 0. The summed E-state index contributed by atoms with van der Waals surface area (Å²) >= 11 is 3.76. The van der Waals surface area contributed by atoms with Gasteiger partial charge in [-0.3, -0.25) is 0 Å². The van der Waals surface area contributed by atoms with Gasteiger partial charge < -0.3 is 0 Å². The van der Waals surface area contributed by atoms with Crippen LogP contribution in [0.4, 0.5) is 0 Å². The van der Waals surface area contributed by atoms with E-state index in [1.165, 1.54) is 31.5 Å².